The Labute approximate surface area is 94.4 Å². The van der Waals surface area contributed by atoms with Gasteiger partial charge >= 0.3 is 0 Å². The third-order valence-corrected chi connectivity index (χ3v) is 3.06. The van der Waals surface area contributed by atoms with Crippen LogP contribution in [0.25, 0.3) is 0 Å². The molecular formula is C12H27NS. The van der Waals surface area contributed by atoms with Gasteiger partial charge in [0.15, 0.2) is 0 Å². The summed E-state index contributed by atoms with van der Waals surface area (Å²) in [5.41, 5.74) is 0. The molecule has 1 N–H and O–H groups in total. The van der Waals surface area contributed by atoms with Crippen LogP contribution in [0.1, 0.15) is 40.0 Å². The Morgan fingerprint density at radius 2 is 1.86 bits per heavy atom. The van der Waals surface area contributed by atoms with Gasteiger partial charge in [0.25, 0.3) is 0 Å². The largest absolute Gasteiger partial charge is 0.316 e. The third-order valence-electron chi connectivity index (χ3n) is 2.41. The summed E-state index contributed by atoms with van der Waals surface area (Å²) in [6, 6.07) is 0. The Morgan fingerprint density at radius 3 is 2.36 bits per heavy atom. The summed E-state index contributed by atoms with van der Waals surface area (Å²) >= 11 is 1.97. The minimum Gasteiger partial charge on any atom is -0.316 e. The molecule has 0 fully saturated rings. The van der Waals surface area contributed by atoms with Crippen LogP contribution in [0.15, 0.2) is 0 Å². The second-order valence-electron chi connectivity index (χ2n) is 4.49. The first-order valence-corrected chi connectivity index (χ1v) is 7.29. The summed E-state index contributed by atoms with van der Waals surface area (Å²) in [6.45, 7) is 9.20. The molecule has 0 amide bonds. The molecule has 0 heterocycles. The molecule has 0 aromatic heterocycles. The Bertz CT molecular complexity index is 115. The van der Waals surface area contributed by atoms with Crippen LogP contribution in [-0.2, 0) is 0 Å². The van der Waals surface area contributed by atoms with E-state index in [-0.39, 0.29) is 0 Å². The lowest BCUT2D eigenvalue weighted by molar-refractivity contribution is 0.415. The maximum atomic E-state index is 3.57. The average molecular weight is 217 g/mol. The van der Waals surface area contributed by atoms with Crippen molar-refractivity contribution >= 4 is 11.8 Å². The highest BCUT2D eigenvalue weighted by atomic mass is 32.2. The molecule has 1 atom stereocenters. The van der Waals surface area contributed by atoms with Gasteiger partial charge in [-0.05, 0) is 49.8 Å². The van der Waals surface area contributed by atoms with Gasteiger partial charge < -0.3 is 5.32 Å². The Morgan fingerprint density at radius 1 is 1.14 bits per heavy atom. The summed E-state index contributed by atoms with van der Waals surface area (Å²) in [5.74, 6) is 2.98. The van der Waals surface area contributed by atoms with Gasteiger partial charge in [-0.15, -0.1) is 0 Å². The molecular weight excluding hydrogens is 190 g/mol. The highest BCUT2D eigenvalue weighted by molar-refractivity contribution is 7.98. The Balaban J connectivity index is 3.50. The highest BCUT2D eigenvalue weighted by Gasteiger charge is 2.06. The van der Waals surface area contributed by atoms with Crippen molar-refractivity contribution in [2.75, 3.05) is 25.1 Å². The monoisotopic (exact) mass is 217 g/mol. The number of hydrogen-bond donors (Lipinski definition) is 1. The van der Waals surface area contributed by atoms with Crippen LogP contribution in [0.3, 0.4) is 0 Å². The van der Waals surface area contributed by atoms with Gasteiger partial charge in [0.1, 0.15) is 0 Å². The van der Waals surface area contributed by atoms with Crippen molar-refractivity contribution < 1.29 is 0 Å². The molecule has 0 bridgehead atoms. The molecule has 0 spiro atoms. The zero-order chi connectivity index (χ0) is 10.8. The summed E-state index contributed by atoms with van der Waals surface area (Å²) in [5, 5.41) is 3.57. The van der Waals surface area contributed by atoms with Gasteiger partial charge in [0.2, 0.25) is 0 Å². The molecule has 0 rings (SSSR count). The molecule has 86 valence electrons. The van der Waals surface area contributed by atoms with Crippen molar-refractivity contribution in [2.45, 2.75) is 40.0 Å². The maximum absolute atomic E-state index is 3.57. The fourth-order valence-electron chi connectivity index (χ4n) is 1.62. The van der Waals surface area contributed by atoms with Gasteiger partial charge in [0.05, 0.1) is 0 Å². The first-order chi connectivity index (χ1) is 6.70. The molecule has 0 aromatic carbocycles. The van der Waals surface area contributed by atoms with Crippen molar-refractivity contribution in [3.05, 3.63) is 0 Å². The second kappa shape index (κ2) is 9.85. The summed E-state index contributed by atoms with van der Waals surface area (Å²) in [4.78, 5) is 0. The van der Waals surface area contributed by atoms with Crippen molar-refractivity contribution in [3.8, 4) is 0 Å². The lowest BCUT2D eigenvalue weighted by Gasteiger charge is -2.17. The van der Waals surface area contributed by atoms with Crippen molar-refractivity contribution in [1.29, 1.82) is 0 Å². The summed E-state index contributed by atoms with van der Waals surface area (Å²) in [6.07, 6.45) is 6.28. The molecule has 1 unspecified atom stereocenters. The fourth-order valence-corrected chi connectivity index (χ4v) is 2.19. The third kappa shape index (κ3) is 8.89. The predicted molar refractivity (Wildman–Crippen MR) is 69.1 cm³/mol. The molecule has 0 aliphatic carbocycles. The molecule has 14 heavy (non-hydrogen) atoms. The van der Waals surface area contributed by atoms with E-state index in [4.69, 9.17) is 0 Å². The SMILES string of the molecule is CCCC(CCSC)CNCC(C)C. The van der Waals surface area contributed by atoms with E-state index in [9.17, 15) is 0 Å². The van der Waals surface area contributed by atoms with Crippen LogP contribution in [0.2, 0.25) is 0 Å². The summed E-state index contributed by atoms with van der Waals surface area (Å²) < 4.78 is 0. The number of nitrogens with one attached hydrogen (secondary N) is 1. The highest BCUT2D eigenvalue weighted by Crippen LogP contribution is 2.13. The molecule has 0 aromatic rings. The Kier molecular flexibility index (Phi) is 10.1. The van der Waals surface area contributed by atoms with Crippen LogP contribution in [0.4, 0.5) is 0 Å². The number of thioether (sulfide) groups is 1. The standard InChI is InChI=1S/C12H27NS/c1-5-6-12(7-8-14-4)10-13-9-11(2)3/h11-13H,5-10H2,1-4H3. The predicted octanol–water partition coefficient (Wildman–Crippen LogP) is 3.40. The van der Waals surface area contributed by atoms with E-state index < -0.39 is 0 Å². The van der Waals surface area contributed by atoms with Crippen LogP contribution in [-0.4, -0.2) is 25.1 Å². The molecule has 0 saturated carbocycles. The van der Waals surface area contributed by atoms with Crippen LogP contribution in [0, 0.1) is 11.8 Å². The quantitative estimate of drug-likeness (QED) is 0.635. The number of rotatable bonds is 9. The van der Waals surface area contributed by atoms with E-state index in [1.807, 2.05) is 11.8 Å². The minimum atomic E-state index is 0.776. The average Bonchev–Trinajstić information content (AvgIpc) is 2.13. The number of hydrogen-bond acceptors (Lipinski definition) is 2. The molecule has 0 aliphatic rings. The summed E-state index contributed by atoms with van der Waals surface area (Å²) in [7, 11) is 0. The van der Waals surface area contributed by atoms with Gasteiger partial charge in [-0.3, -0.25) is 0 Å². The fraction of sp³-hybridized carbons (Fsp3) is 1.00. The zero-order valence-electron chi connectivity index (χ0n) is 10.3. The maximum Gasteiger partial charge on any atom is -0.00201 e. The molecule has 2 heteroatoms. The van der Waals surface area contributed by atoms with Crippen LogP contribution < -0.4 is 5.32 Å². The van der Waals surface area contributed by atoms with E-state index in [1.54, 1.807) is 0 Å². The van der Waals surface area contributed by atoms with E-state index in [0.717, 1.165) is 11.8 Å². The normalized spacial score (nSPS) is 13.5. The van der Waals surface area contributed by atoms with Crippen molar-refractivity contribution in [2.24, 2.45) is 11.8 Å². The zero-order valence-corrected chi connectivity index (χ0v) is 11.1. The first-order valence-electron chi connectivity index (χ1n) is 5.90. The first kappa shape index (κ1) is 14.3. The van der Waals surface area contributed by atoms with Gasteiger partial charge in [-0.2, -0.15) is 11.8 Å². The van der Waals surface area contributed by atoms with Gasteiger partial charge in [-0.1, -0.05) is 27.2 Å². The smallest absolute Gasteiger partial charge is 0.00201 e. The molecule has 0 radical (unpaired) electrons. The van der Waals surface area contributed by atoms with Gasteiger partial charge in [-0.25, -0.2) is 0 Å². The Hall–Kier alpha value is 0.310. The molecule has 0 aliphatic heterocycles. The van der Waals surface area contributed by atoms with E-state index >= 15 is 0 Å². The lowest BCUT2D eigenvalue weighted by Crippen LogP contribution is -2.26. The van der Waals surface area contributed by atoms with E-state index in [0.29, 0.717) is 0 Å². The van der Waals surface area contributed by atoms with Gasteiger partial charge in [0, 0.05) is 0 Å². The van der Waals surface area contributed by atoms with Crippen LogP contribution in [0.5, 0.6) is 0 Å². The molecule has 1 nitrogen and oxygen atoms in total. The van der Waals surface area contributed by atoms with E-state index in [1.165, 1.54) is 38.1 Å². The van der Waals surface area contributed by atoms with Crippen molar-refractivity contribution in [3.63, 3.8) is 0 Å². The second-order valence-corrected chi connectivity index (χ2v) is 5.47. The van der Waals surface area contributed by atoms with E-state index in [2.05, 4.69) is 32.3 Å². The molecule has 0 saturated heterocycles. The lowest BCUT2D eigenvalue weighted by atomic mass is 10.0. The minimum absolute atomic E-state index is 0.776. The topological polar surface area (TPSA) is 12.0 Å². The van der Waals surface area contributed by atoms with Crippen molar-refractivity contribution in [1.82, 2.24) is 5.32 Å². The van der Waals surface area contributed by atoms with Crippen LogP contribution >= 0.6 is 11.8 Å².